The van der Waals surface area contributed by atoms with Gasteiger partial charge in [-0.3, -0.25) is 4.90 Å². The molecule has 0 unspecified atom stereocenters. The highest BCUT2D eigenvalue weighted by molar-refractivity contribution is 7.80. The molecule has 1 atom stereocenters. The number of nitrogens with zero attached hydrogens (tertiary/aromatic N) is 2. The fraction of sp³-hybridized carbons (Fsp3) is 0.611. The van der Waals surface area contributed by atoms with Crippen LogP contribution in [0.3, 0.4) is 0 Å². The second-order valence-corrected chi connectivity index (χ2v) is 6.79. The van der Waals surface area contributed by atoms with Crippen molar-refractivity contribution in [3.05, 3.63) is 35.4 Å². The Hall–Kier alpha value is -1.17. The molecule has 1 aliphatic heterocycles. The number of ether oxygens (including phenoxy) is 1. The first kappa shape index (κ1) is 16.7. The maximum atomic E-state index is 5.63. The summed E-state index contributed by atoms with van der Waals surface area (Å²) in [4.78, 5) is 4.67. The van der Waals surface area contributed by atoms with E-state index in [2.05, 4.69) is 46.4 Å². The van der Waals surface area contributed by atoms with Gasteiger partial charge in [0, 0.05) is 33.2 Å². The van der Waals surface area contributed by atoms with Crippen LogP contribution in [0.4, 0.5) is 0 Å². The third-order valence-corrected chi connectivity index (χ3v) is 5.37. The molecule has 4 nitrogen and oxygen atoms in total. The predicted molar refractivity (Wildman–Crippen MR) is 97.7 cm³/mol. The lowest BCUT2D eigenvalue weighted by Gasteiger charge is -2.35. The molecule has 0 spiro atoms. The number of benzene rings is 1. The first-order chi connectivity index (χ1) is 11.3. The van der Waals surface area contributed by atoms with Crippen molar-refractivity contribution < 1.29 is 4.74 Å². The smallest absolute Gasteiger partial charge is 0.169 e. The van der Waals surface area contributed by atoms with Gasteiger partial charge in [0.1, 0.15) is 0 Å². The second kappa shape index (κ2) is 8.08. The highest BCUT2D eigenvalue weighted by atomic mass is 32.1. The average molecular weight is 334 g/mol. The van der Waals surface area contributed by atoms with Crippen LogP contribution in [0.25, 0.3) is 0 Å². The number of aryl methyl sites for hydroxylation is 1. The van der Waals surface area contributed by atoms with Crippen LogP contribution in [-0.2, 0) is 11.2 Å². The van der Waals surface area contributed by atoms with Crippen molar-refractivity contribution in [2.45, 2.75) is 25.3 Å². The second-order valence-electron chi connectivity index (χ2n) is 6.40. The number of fused-ring (bicyclic) bond motifs is 1. The van der Waals surface area contributed by atoms with Crippen molar-refractivity contribution in [3.8, 4) is 0 Å². The van der Waals surface area contributed by atoms with Crippen molar-refractivity contribution in [1.82, 2.24) is 15.1 Å². The molecule has 1 saturated heterocycles. The summed E-state index contributed by atoms with van der Waals surface area (Å²) in [7, 11) is 2.12. The first-order valence-corrected chi connectivity index (χ1v) is 9.05. The topological polar surface area (TPSA) is 27.7 Å². The van der Waals surface area contributed by atoms with Gasteiger partial charge in [-0.15, -0.1) is 0 Å². The van der Waals surface area contributed by atoms with Gasteiger partial charge < -0.3 is 15.0 Å². The molecule has 3 rings (SSSR count). The zero-order valence-corrected chi connectivity index (χ0v) is 14.8. The van der Waals surface area contributed by atoms with E-state index in [1.54, 1.807) is 0 Å². The lowest BCUT2D eigenvalue weighted by Crippen LogP contribution is -2.45. The van der Waals surface area contributed by atoms with E-state index in [0.717, 1.165) is 44.5 Å². The van der Waals surface area contributed by atoms with Gasteiger partial charge in [0.15, 0.2) is 5.11 Å². The molecule has 0 saturated carbocycles. The molecule has 0 bridgehead atoms. The molecule has 23 heavy (non-hydrogen) atoms. The van der Waals surface area contributed by atoms with Gasteiger partial charge in [0.2, 0.25) is 0 Å². The molecule has 126 valence electrons. The Kier molecular flexibility index (Phi) is 5.86. The first-order valence-electron chi connectivity index (χ1n) is 8.64. The van der Waals surface area contributed by atoms with Gasteiger partial charge in [-0.1, -0.05) is 24.3 Å². The summed E-state index contributed by atoms with van der Waals surface area (Å²) in [5, 5.41) is 4.29. The van der Waals surface area contributed by atoms with Gasteiger partial charge in [-0.05, 0) is 42.6 Å². The SMILES string of the molecule is CN(C(=S)NCCN1CCOCC1)[C@H]1CCCc2ccccc21. The standard InChI is InChI=1S/C18H27N3OS/c1-20(17-8-4-6-15-5-2-3-7-16(15)17)18(23)19-9-10-21-11-13-22-14-12-21/h2-3,5,7,17H,4,6,8-14H2,1H3,(H,19,23)/t17-/m0/s1. The van der Waals surface area contributed by atoms with Gasteiger partial charge >= 0.3 is 0 Å². The molecule has 2 aliphatic rings. The number of rotatable bonds is 4. The molecule has 0 amide bonds. The van der Waals surface area contributed by atoms with Crippen LogP contribution >= 0.6 is 12.2 Å². The van der Waals surface area contributed by atoms with E-state index in [1.807, 2.05) is 0 Å². The summed E-state index contributed by atoms with van der Waals surface area (Å²) in [6, 6.07) is 9.19. The Morgan fingerprint density at radius 2 is 2.13 bits per heavy atom. The van der Waals surface area contributed by atoms with E-state index in [9.17, 15) is 0 Å². The summed E-state index contributed by atoms with van der Waals surface area (Å²) in [6.07, 6.45) is 3.61. The summed E-state index contributed by atoms with van der Waals surface area (Å²) in [5.74, 6) is 0. The highest BCUT2D eigenvalue weighted by Gasteiger charge is 2.24. The van der Waals surface area contributed by atoms with E-state index >= 15 is 0 Å². The van der Waals surface area contributed by atoms with Crippen molar-refractivity contribution >= 4 is 17.3 Å². The van der Waals surface area contributed by atoms with Crippen LogP contribution in [-0.4, -0.2) is 61.4 Å². The molecule has 0 radical (unpaired) electrons. The zero-order chi connectivity index (χ0) is 16.1. The third-order valence-electron chi connectivity index (χ3n) is 4.93. The number of hydrogen-bond donors (Lipinski definition) is 1. The maximum Gasteiger partial charge on any atom is 0.169 e. The minimum atomic E-state index is 0.406. The van der Waals surface area contributed by atoms with Gasteiger partial charge in [-0.25, -0.2) is 0 Å². The molecule has 1 aliphatic carbocycles. The summed E-state index contributed by atoms with van der Waals surface area (Å²) >= 11 is 5.63. The van der Waals surface area contributed by atoms with Crippen LogP contribution in [0, 0.1) is 0 Å². The van der Waals surface area contributed by atoms with E-state index in [0.29, 0.717) is 6.04 Å². The Labute approximate surface area is 144 Å². The van der Waals surface area contributed by atoms with Gasteiger partial charge in [0.05, 0.1) is 19.3 Å². The molecule has 5 heteroatoms. The molecule has 1 fully saturated rings. The molecule has 1 aromatic carbocycles. The molecule has 0 aromatic heterocycles. The number of hydrogen-bond acceptors (Lipinski definition) is 3. The predicted octanol–water partition coefficient (Wildman–Crippen LogP) is 2.20. The zero-order valence-electron chi connectivity index (χ0n) is 14.0. The number of morpholine rings is 1. The normalized spacial score (nSPS) is 21.5. The van der Waals surface area contributed by atoms with Crippen molar-refractivity contribution in [2.75, 3.05) is 46.4 Å². The van der Waals surface area contributed by atoms with Crippen molar-refractivity contribution in [3.63, 3.8) is 0 Å². The van der Waals surface area contributed by atoms with E-state index in [4.69, 9.17) is 17.0 Å². The Morgan fingerprint density at radius 1 is 1.35 bits per heavy atom. The Bertz CT molecular complexity index is 531. The minimum absolute atomic E-state index is 0.406. The quantitative estimate of drug-likeness (QED) is 0.853. The van der Waals surface area contributed by atoms with E-state index in [1.165, 1.54) is 30.4 Å². The molecular formula is C18H27N3OS. The average Bonchev–Trinajstić information content (AvgIpc) is 2.61. The lowest BCUT2D eigenvalue weighted by atomic mass is 9.87. The largest absolute Gasteiger partial charge is 0.379 e. The summed E-state index contributed by atoms with van der Waals surface area (Å²) < 4.78 is 5.38. The fourth-order valence-electron chi connectivity index (χ4n) is 3.54. The fourth-order valence-corrected chi connectivity index (χ4v) is 3.77. The van der Waals surface area contributed by atoms with E-state index in [-0.39, 0.29) is 0 Å². The molecule has 1 aromatic rings. The van der Waals surface area contributed by atoms with Crippen LogP contribution in [0.2, 0.25) is 0 Å². The van der Waals surface area contributed by atoms with E-state index < -0.39 is 0 Å². The number of nitrogens with one attached hydrogen (secondary N) is 1. The number of thiocarbonyl (C=S) groups is 1. The third kappa shape index (κ3) is 4.22. The Morgan fingerprint density at radius 3 is 2.96 bits per heavy atom. The van der Waals surface area contributed by atoms with Gasteiger partial charge in [0.25, 0.3) is 0 Å². The molecular weight excluding hydrogens is 306 g/mol. The van der Waals surface area contributed by atoms with Crippen molar-refractivity contribution in [1.29, 1.82) is 0 Å². The van der Waals surface area contributed by atoms with Crippen LogP contribution in [0.5, 0.6) is 0 Å². The van der Waals surface area contributed by atoms with Crippen LogP contribution < -0.4 is 5.32 Å². The monoisotopic (exact) mass is 333 g/mol. The lowest BCUT2D eigenvalue weighted by molar-refractivity contribution is 0.0388. The maximum absolute atomic E-state index is 5.63. The molecule has 1 heterocycles. The van der Waals surface area contributed by atoms with Crippen LogP contribution in [0.15, 0.2) is 24.3 Å². The van der Waals surface area contributed by atoms with Crippen LogP contribution in [0.1, 0.15) is 30.0 Å². The summed E-state index contributed by atoms with van der Waals surface area (Å²) in [6.45, 7) is 5.68. The van der Waals surface area contributed by atoms with Gasteiger partial charge in [-0.2, -0.15) is 0 Å². The van der Waals surface area contributed by atoms with Crippen molar-refractivity contribution in [2.24, 2.45) is 0 Å². The summed E-state index contributed by atoms with van der Waals surface area (Å²) in [5.41, 5.74) is 2.92. The minimum Gasteiger partial charge on any atom is -0.379 e. The molecule has 1 N–H and O–H groups in total. The Balaban J connectivity index is 1.51. The highest BCUT2D eigenvalue weighted by Crippen LogP contribution is 2.33.